The van der Waals surface area contributed by atoms with E-state index in [4.69, 9.17) is 14.3 Å². The number of carbonyl (C=O) groups excluding carboxylic acids is 2. The number of piperidine rings is 1. The van der Waals surface area contributed by atoms with Crippen LogP contribution in [0.1, 0.15) is 25.3 Å². The smallest absolute Gasteiger partial charge is 0.330 e. The topological polar surface area (TPSA) is 109 Å². The molecule has 0 spiro atoms. The molecule has 9 nitrogen and oxygen atoms in total. The van der Waals surface area contributed by atoms with Gasteiger partial charge in [0.05, 0.1) is 18.7 Å². The van der Waals surface area contributed by atoms with Gasteiger partial charge in [-0.25, -0.2) is 4.79 Å². The Morgan fingerprint density at radius 1 is 1.12 bits per heavy atom. The first-order valence-electron chi connectivity index (χ1n) is 11.5. The molecule has 182 valence electrons. The van der Waals surface area contributed by atoms with E-state index in [1.165, 1.54) is 6.92 Å². The Morgan fingerprint density at radius 3 is 2.56 bits per heavy atom. The average Bonchev–Trinajstić information content (AvgIpc) is 3.13. The fraction of sp³-hybridized carbons (Fsp3) is 0.440. The highest BCUT2D eigenvalue weighted by atomic mass is 16.7. The zero-order chi connectivity index (χ0) is 24.1. The summed E-state index contributed by atoms with van der Waals surface area (Å²) < 4.78 is 11.7. The van der Waals surface area contributed by atoms with E-state index in [0.29, 0.717) is 36.1 Å². The second kappa shape index (κ2) is 10.8. The van der Waals surface area contributed by atoms with Gasteiger partial charge in [-0.15, -0.1) is 5.06 Å². The molecule has 1 fully saturated rings. The molecule has 4 rings (SSSR count). The number of amides is 1. The summed E-state index contributed by atoms with van der Waals surface area (Å²) in [6, 6.07) is 11.9. The molecule has 1 atom stereocenters. The molecule has 2 aromatic rings. The maximum absolute atomic E-state index is 12.2. The molecule has 1 saturated heterocycles. The summed E-state index contributed by atoms with van der Waals surface area (Å²) in [7, 11) is 0. The Kier molecular flexibility index (Phi) is 7.54. The fourth-order valence-corrected chi connectivity index (χ4v) is 4.27. The molecule has 0 aliphatic carbocycles. The number of hydrogen-bond acceptors (Lipinski definition) is 8. The summed E-state index contributed by atoms with van der Waals surface area (Å²) in [5.41, 5.74) is 1.14. The fourth-order valence-electron chi connectivity index (χ4n) is 4.27. The van der Waals surface area contributed by atoms with Gasteiger partial charge in [-0.1, -0.05) is 6.07 Å². The van der Waals surface area contributed by atoms with Crippen LogP contribution in [0.25, 0.3) is 0 Å². The van der Waals surface area contributed by atoms with Gasteiger partial charge >= 0.3 is 5.97 Å². The van der Waals surface area contributed by atoms with Gasteiger partial charge in [-0.2, -0.15) is 0 Å². The van der Waals surface area contributed by atoms with Gasteiger partial charge in [-0.05, 0) is 68.2 Å². The summed E-state index contributed by atoms with van der Waals surface area (Å²) >= 11 is 0. The quantitative estimate of drug-likeness (QED) is 0.575. The molecule has 2 aliphatic heterocycles. The number of ether oxygens (including phenoxy) is 2. The number of phenols is 1. The van der Waals surface area contributed by atoms with Crippen LogP contribution in [0.2, 0.25) is 0 Å². The molecule has 2 N–H and O–H groups in total. The molecule has 0 aromatic heterocycles. The number of rotatable bonds is 9. The molecule has 34 heavy (non-hydrogen) atoms. The number of aliphatic hydroxyl groups excluding tert-OH is 1. The zero-order valence-electron chi connectivity index (χ0n) is 19.2. The summed E-state index contributed by atoms with van der Waals surface area (Å²) in [5.74, 6) is 1.01. The predicted octanol–water partition coefficient (Wildman–Crippen LogP) is 2.29. The van der Waals surface area contributed by atoms with E-state index in [2.05, 4.69) is 4.90 Å². The Morgan fingerprint density at radius 2 is 1.85 bits per heavy atom. The van der Waals surface area contributed by atoms with Gasteiger partial charge in [-0.3, -0.25) is 4.79 Å². The first-order valence-corrected chi connectivity index (χ1v) is 11.5. The normalized spacial score (nSPS) is 17.4. The number of β-amino-alcohol motifs (C(OH)–C–C–N with tert-alkyl or cyclic N) is 1. The Labute approximate surface area is 198 Å². The van der Waals surface area contributed by atoms with Gasteiger partial charge in [0.1, 0.15) is 30.0 Å². The van der Waals surface area contributed by atoms with Gasteiger partial charge in [0.15, 0.2) is 0 Å². The number of anilines is 1. The molecule has 0 bridgehead atoms. The van der Waals surface area contributed by atoms with Gasteiger partial charge in [0, 0.05) is 19.0 Å². The second-order valence-electron chi connectivity index (χ2n) is 8.72. The number of carbonyl (C=O) groups is 2. The maximum Gasteiger partial charge on any atom is 0.330 e. The van der Waals surface area contributed by atoms with Crippen molar-refractivity contribution >= 4 is 17.6 Å². The highest BCUT2D eigenvalue weighted by Crippen LogP contribution is 2.36. The van der Waals surface area contributed by atoms with Crippen LogP contribution in [0.4, 0.5) is 5.69 Å². The highest BCUT2D eigenvalue weighted by Gasteiger charge is 2.33. The maximum atomic E-state index is 12.2. The molecule has 2 aromatic carbocycles. The number of benzene rings is 2. The van der Waals surface area contributed by atoms with Crippen molar-refractivity contribution < 1.29 is 34.1 Å². The number of phenolic OH excluding ortho intramolecular Hbond substituents is 1. The van der Waals surface area contributed by atoms with Crippen LogP contribution >= 0.6 is 0 Å². The average molecular weight is 471 g/mol. The molecule has 1 unspecified atom stereocenters. The van der Waals surface area contributed by atoms with Crippen LogP contribution in [0, 0.1) is 5.92 Å². The summed E-state index contributed by atoms with van der Waals surface area (Å²) in [5, 5.41) is 20.9. The first-order chi connectivity index (χ1) is 16.4. The Balaban J connectivity index is 1.21. The van der Waals surface area contributed by atoms with E-state index in [9.17, 15) is 19.8 Å². The third-order valence-electron chi connectivity index (χ3n) is 6.03. The molecule has 1 amide bonds. The van der Waals surface area contributed by atoms with Crippen LogP contribution in [-0.2, 0) is 20.8 Å². The number of hydroxylamine groups is 1. The Bertz CT molecular complexity index is 1000. The van der Waals surface area contributed by atoms with Crippen molar-refractivity contribution in [3.8, 4) is 17.2 Å². The number of hydrogen-bond donors (Lipinski definition) is 2. The van der Waals surface area contributed by atoms with Gasteiger partial charge in [0.2, 0.25) is 0 Å². The number of fused-ring (bicyclic) bond motifs is 1. The summed E-state index contributed by atoms with van der Waals surface area (Å²) in [6.45, 7) is 4.21. The number of nitrogens with zero attached hydrogens (tertiary/aromatic N) is 2. The summed E-state index contributed by atoms with van der Waals surface area (Å²) in [6.07, 6.45) is 1.36. The zero-order valence-corrected chi connectivity index (χ0v) is 19.2. The molecule has 2 aliphatic rings. The molecular weight excluding hydrogens is 440 g/mol. The molecule has 0 saturated carbocycles. The van der Waals surface area contributed by atoms with Gasteiger partial charge in [0.25, 0.3) is 5.91 Å². The molecule has 2 heterocycles. The molecule has 0 radical (unpaired) electrons. The van der Waals surface area contributed by atoms with Crippen molar-refractivity contribution in [1.82, 2.24) is 4.90 Å². The van der Waals surface area contributed by atoms with E-state index < -0.39 is 12.1 Å². The minimum absolute atomic E-state index is 0.0780. The number of likely N-dealkylation sites (tertiary alicyclic amines) is 1. The van der Waals surface area contributed by atoms with Gasteiger partial charge < -0.3 is 29.4 Å². The number of aromatic hydroxyl groups is 1. The lowest BCUT2D eigenvalue weighted by atomic mass is 9.97. The van der Waals surface area contributed by atoms with Crippen molar-refractivity contribution in [2.45, 2.75) is 32.3 Å². The third kappa shape index (κ3) is 5.98. The van der Waals surface area contributed by atoms with Crippen LogP contribution in [-0.4, -0.2) is 65.9 Å². The van der Waals surface area contributed by atoms with Crippen LogP contribution in [0.5, 0.6) is 17.2 Å². The van der Waals surface area contributed by atoms with E-state index >= 15 is 0 Å². The van der Waals surface area contributed by atoms with E-state index in [1.54, 1.807) is 42.5 Å². The lowest BCUT2D eigenvalue weighted by molar-refractivity contribution is -0.147. The lowest BCUT2D eigenvalue weighted by Crippen LogP contribution is -2.41. The van der Waals surface area contributed by atoms with E-state index in [0.717, 1.165) is 36.7 Å². The van der Waals surface area contributed by atoms with Crippen molar-refractivity contribution in [1.29, 1.82) is 0 Å². The predicted molar refractivity (Wildman–Crippen MR) is 124 cm³/mol. The first kappa shape index (κ1) is 23.8. The molecular formula is C25H30N2O7. The van der Waals surface area contributed by atoms with Crippen LogP contribution in [0.15, 0.2) is 42.5 Å². The summed E-state index contributed by atoms with van der Waals surface area (Å²) in [4.78, 5) is 30.7. The van der Waals surface area contributed by atoms with Crippen molar-refractivity contribution in [2.24, 2.45) is 5.92 Å². The SMILES string of the molecule is CC(=O)ON1C(=O)Cc2c(OCC(O)CN3CCC(COc4ccc(O)cc4)CC3)cccc21. The Hall–Kier alpha value is -3.30. The molecule has 9 heteroatoms. The van der Waals surface area contributed by atoms with Crippen LogP contribution < -0.4 is 14.5 Å². The third-order valence-corrected chi connectivity index (χ3v) is 6.03. The van der Waals surface area contributed by atoms with Crippen LogP contribution in [0.3, 0.4) is 0 Å². The lowest BCUT2D eigenvalue weighted by Gasteiger charge is -2.33. The van der Waals surface area contributed by atoms with Crippen molar-refractivity contribution in [2.75, 3.05) is 37.9 Å². The minimum Gasteiger partial charge on any atom is -0.508 e. The largest absolute Gasteiger partial charge is 0.508 e. The number of aliphatic hydroxyl groups is 1. The standard InChI is InChI=1S/C25H30N2O7/c1-17(28)34-27-23-3-2-4-24(22(23)13-25(27)31)33-16-20(30)14-26-11-9-18(10-12-26)15-32-21-7-5-19(29)6-8-21/h2-8,18,20,29-30H,9-16H2,1H3. The van der Waals surface area contributed by atoms with Crippen molar-refractivity contribution in [3.05, 3.63) is 48.0 Å². The highest BCUT2D eigenvalue weighted by molar-refractivity contribution is 6.01. The second-order valence-corrected chi connectivity index (χ2v) is 8.72. The minimum atomic E-state index is -0.678. The monoisotopic (exact) mass is 470 g/mol. The van der Waals surface area contributed by atoms with Crippen molar-refractivity contribution in [3.63, 3.8) is 0 Å². The van der Waals surface area contributed by atoms with E-state index in [-0.39, 0.29) is 24.7 Å². The van der Waals surface area contributed by atoms with E-state index in [1.807, 2.05) is 0 Å².